The van der Waals surface area contributed by atoms with E-state index in [0.717, 1.165) is 9.13 Å². The summed E-state index contributed by atoms with van der Waals surface area (Å²) in [5.74, 6) is 0. The van der Waals surface area contributed by atoms with Crippen LogP contribution in [0.1, 0.15) is 28.8 Å². The van der Waals surface area contributed by atoms with Crippen molar-refractivity contribution in [3.8, 4) is 17.1 Å². The van der Waals surface area contributed by atoms with Crippen LogP contribution in [0, 0.1) is 0 Å². The monoisotopic (exact) mass is 595 g/mol. The molecular formula is C41H26N4. The second-order valence-corrected chi connectivity index (χ2v) is 10.1. The van der Waals surface area contributed by atoms with E-state index in [0.29, 0.717) is 0 Å². The number of rotatable bonds is 3. The van der Waals surface area contributed by atoms with Crippen LogP contribution >= 0.6 is 0 Å². The molecule has 0 bridgehead atoms. The SMILES string of the molecule is [2H]c1nc2c(c(-n3c4c([2H])c([2H])c([2H])c([2H])c4c4c([2H])c([2H])c([2H])c([2H])c43)c1[2H])c1c([2H])c([2H])c([2H])c([2H])c1n2-c1c([2H])c([2H])c2c3c([2H])c([2H])c([2H])c([2H])c3n(-c3ccccc3)c2c1[2H]. The lowest BCUT2D eigenvalue weighted by Crippen LogP contribution is -1.99. The van der Waals surface area contributed by atoms with E-state index in [1.165, 1.54) is 4.57 Å². The number of pyridine rings is 1. The molecule has 4 heteroatoms. The maximum Gasteiger partial charge on any atom is 0.147 e. The largest absolute Gasteiger partial charge is 0.309 e. The molecule has 0 fully saturated rings. The highest BCUT2D eigenvalue weighted by molar-refractivity contribution is 6.16. The fourth-order valence-corrected chi connectivity index (χ4v) is 5.99. The average Bonchev–Trinajstić information content (AvgIpc) is 3.96. The van der Waals surface area contributed by atoms with Gasteiger partial charge in [0.25, 0.3) is 0 Å². The molecule has 0 atom stereocenters. The minimum Gasteiger partial charge on any atom is -0.309 e. The third-order valence-corrected chi connectivity index (χ3v) is 7.79. The molecule has 0 N–H and O–H groups in total. The second-order valence-electron chi connectivity index (χ2n) is 10.1. The molecule has 10 rings (SSSR count). The van der Waals surface area contributed by atoms with E-state index in [9.17, 15) is 8.22 Å². The van der Waals surface area contributed by atoms with Crippen LogP contribution in [0.5, 0.6) is 0 Å². The molecule has 0 amide bonds. The molecule has 0 spiro atoms. The van der Waals surface area contributed by atoms with Gasteiger partial charge in [-0.25, -0.2) is 4.98 Å². The van der Waals surface area contributed by atoms with Crippen molar-refractivity contribution in [2.75, 3.05) is 0 Å². The van der Waals surface area contributed by atoms with Crippen LogP contribution in [0.4, 0.5) is 0 Å². The Balaban J connectivity index is 1.52. The topological polar surface area (TPSA) is 27.7 Å². The summed E-state index contributed by atoms with van der Waals surface area (Å²) in [5, 5.41) is -2.06. The molecule has 0 aliphatic carbocycles. The molecule has 0 aliphatic rings. The fraction of sp³-hybridized carbons (Fsp3) is 0. The third kappa shape index (κ3) is 3.34. The first kappa shape index (κ1) is 11.8. The number of nitrogens with zero attached hydrogens (tertiary/aromatic N) is 4. The maximum atomic E-state index is 9.95. The zero-order valence-electron chi connectivity index (χ0n) is 43.7. The number of hydrogen-bond donors (Lipinski definition) is 0. The molecule has 0 aliphatic heterocycles. The predicted octanol–water partition coefficient (Wildman–Crippen LogP) is 10.4. The van der Waals surface area contributed by atoms with Gasteiger partial charge in [-0.15, -0.1) is 0 Å². The fourth-order valence-electron chi connectivity index (χ4n) is 5.99. The van der Waals surface area contributed by atoms with Gasteiger partial charge in [0.15, 0.2) is 0 Å². The van der Waals surface area contributed by atoms with Gasteiger partial charge in [0.1, 0.15) is 5.65 Å². The molecule has 0 saturated carbocycles. The number of fused-ring (bicyclic) bond motifs is 9. The van der Waals surface area contributed by atoms with E-state index >= 15 is 0 Å². The van der Waals surface area contributed by atoms with E-state index in [4.69, 9.17) is 20.6 Å². The molecule has 4 nitrogen and oxygen atoms in total. The van der Waals surface area contributed by atoms with Crippen molar-refractivity contribution in [2.24, 2.45) is 0 Å². The first-order chi connectivity index (χ1) is 31.1. The molecule has 0 radical (unpaired) electrons. The Morgan fingerprint density at radius 1 is 0.444 bits per heavy atom. The van der Waals surface area contributed by atoms with Crippen molar-refractivity contribution in [3.63, 3.8) is 0 Å². The number of aromatic nitrogens is 4. The summed E-state index contributed by atoms with van der Waals surface area (Å²) >= 11 is 0. The highest BCUT2D eigenvalue weighted by atomic mass is 15.1. The Labute approximate surface area is 288 Å². The number of para-hydroxylation sites is 5. The summed E-state index contributed by atoms with van der Waals surface area (Å²) in [6, 6.07) is -6.46. The van der Waals surface area contributed by atoms with Crippen LogP contribution in [0.3, 0.4) is 0 Å². The van der Waals surface area contributed by atoms with Gasteiger partial charge in [0.2, 0.25) is 0 Å². The van der Waals surface area contributed by atoms with Crippen LogP contribution < -0.4 is 0 Å². The van der Waals surface area contributed by atoms with Crippen LogP contribution in [-0.2, 0) is 0 Å². The van der Waals surface area contributed by atoms with Crippen molar-refractivity contribution in [3.05, 3.63) is 157 Å². The van der Waals surface area contributed by atoms with E-state index < -0.39 is 182 Å². The van der Waals surface area contributed by atoms with Crippen LogP contribution in [0.15, 0.2) is 157 Å². The van der Waals surface area contributed by atoms with Gasteiger partial charge < -0.3 is 9.13 Å². The summed E-state index contributed by atoms with van der Waals surface area (Å²) in [5.41, 5.74) is -3.20. The average molecular weight is 596 g/mol. The third-order valence-electron chi connectivity index (χ3n) is 7.79. The number of hydrogen-bond acceptors (Lipinski definition) is 1. The standard InChI is InChI=1S/C41H26N4/c1-2-12-27(13-3-1)43-34-18-8-4-16-31(34)32-23-22-28(26-39(32)43)44-37-21-11-7-17-33(37)40-38(24-25-42-41(40)44)45-35-19-9-5-14-29(35)30-15-6-10-20-36(30)45/h1-26H/i4D,5D,6D,7D,8D,9D,10D,11D,14D,15D,16D,17D,18D,19D,20D,21D,22D,23D,24D,25D,26D. The summed E-state index contributed by atoms with van der Waals surface area (Å²) in [7, 11) is 0. The summed E-state index contributed by atoms with van der Waals surface area (Å²) in [6.07, 6.45) is -0.888. The van der Waals surface area contributed by atoms with E-state index in [2.05, 4.69) is 4.98 Å². The van der Waals surface area contributed by atoms with Gasteiger partial charge in [0.05, 0.1) is 67.4 Å². The van der Waals surface area contributed by atoms with Gasteiger partial charge in [-0.05, 0) is 54.4 Å². The van der Waals surface area contributed by atoms with Gasteiger partial charge >= 0.3 is 0 Å². The lowest BCUT2D eigenvalue weighted by atomic mass is 10.1. The quantitative estimate of drug-likeness (QED) is 0.200. The van der Waals surface area contributed by atoms with Crippen LogP contribution in [0.2, 0.25) is 0 Å². The minimum absolute atomic E-state index is 0.141. The minimum atomic E-state index is -0.888. The highest BCUT2D eigenvalue weighted by Crippen LogP contribution is 2.40. The molecular weight excluding hydrogens is 548 g/mol. The Hall–Kier alpha value is -6.13. The summed E-state index contributed by atoms with van der Waals surface area (Å²) in [4.78, 5) is 4.36. The Morgan fingerprint density at radius 3 is 1.62 bits per heavy atom. The van der Waals surface area contributed by atoms with Crippen molar-refractivity contribution >= 4 is 65.5 Å². The summed E-state index contributed by atoms with van der Waals surface area (Å²) < 4.78 is 192. The molecule has 0 unspecified atom stereocenters. The first-order valence-electron chi connectivity index (χ1n) is 24.1. The first-order valence-corrected chi connectivity index (χ1v) is 13.6. The zero-order valence-corrected chi connectivity index (χ0v) is 22.7. The summed E-state index contributed by atoms with van der Waals surface area (Å²) in [6.45, 7) is 0. The van der Waals surface area contributed by atoms with E-state index in [1.807, 2.05) is 0 Å². The Morgan fingerprint density at radius 2 is 0.978 bits per heavy atom. The van der Waals surface area contributed by atoms with Gasteiger partial charge in [0, 0.05) is 44.5 Å². The van der Waals surface area contributed by atoms with Crippen molar-refractivity contribution in [1.82, 2.24) is 18.7 Å². The second kappa shape index (κ2) is 9.18. The van der Waals surface area contributed by atoms with Crippen molar-refractivity contribution in [2.45, 2.75) is 0 Å². The predicted molar refractivity (Wildman–Crippen MR) is 187 cm³/mol. The molecule has 210 valence electrons. The molecule has 0 saturated heterocycles. The molecule has 4 heterocycles. The zero-order chi connectivity index (χ0) is 47.8. The Bertz CT molecular complexity index is 3870. The molecule has 4 aromatic heterocycles. The highest BCUT2D eigenvalue weighted by Gasteiger charge is 2.21. The lowest BCUT2D eigenvalue weighted by molar-refractivity contribution is 1.12. The van der Waals surface area contributed by atoms with Crippen LogP contribution in [-0.4, -0.2) is 18.7 Å². The van der Waals surface area contributed by atoms with Gasteiger partial charge in [-0.2, -0.15) is 0 Å². The van der Waals surface area contributed by atoms with Crippen LogP contribution in [0.25, 0.3) is 82.6 Å². The van der Waals surface area contributed by atoms with Crippen molar-refractivity contribution in [1.29, 1.82) is 0 Å². The molecule has 10 aromatic rings. The normalized spacial score (nSPS) is 18.5. The Kier molecular flexibility index (Phi) is 2.40. The van der Waals surface area contributed by atoms with Gasteiger partial charge in [-0.1, -0.05) is 96.8 Å². The van der Waals surface area contributed by atoms with E-state index in [-0.39, 0.29) is 27.5 Å². The van der Waals surface area contributed by atoms with Crippen molar-refractivity contribution < 1.29 is 28.8 Å². The van der Waals surface area contributed by atoms with E-state index in [1.54, 1.807) is 30.3 Å². The smallest absolute Gasteiger partial charge is 0.147 e. The lowest BCUT2D eigenvalue weighted by Gasteiger charge is -2.12. The number of benzene rings is 6. The molecule has 45 heavy (non-hydrogen) atoms. The maximum absolute atomic E-state index is 9.95. The molecule has 6 aromatic carbocycles. The van der Waals surface area contributed by atoms with Gasteiger partial charge in [-0.3, -0.25) is 4.57 Å².